The van der Waals surface area contributed by atoms with E-state index in [0.29, 0.717) is 28.6 Å². The Kier molecular flexibility index (Phi) is 4.24. The number of azo groups is 1. The standard InChI is InChI=1S/C17H16N4O3/c1-11-6-7-14(24-2)12(9-11)19-20-17-13(10-16(22)23)18-15-5-3-4-8-21(15)17/h3-9H,10H2,1-2H3,(H,22,23). The minimum atomic E-state index is -0.969. The number of pyridine rings is 1. The van der Waals surface area contributed by atoms with Crippen molar-refractivity contribution in [2.24, 2.45) is 10.2 Å². The highest BCUT2D eigenvalue weighted by molar-refractivity contribution is 5.72. The summed E-state index contributed by atoms with van der Waals surface area (Å²) in [6, 6.07) is 11.0. The fourth-order valence-electron chi connectivity index (χ4n) is 2.38. The molecule has 2 aromatic heterocycles. The molecule has 0 unspecified atom stereocenters. The van der Waals surface area contributed by atoms with Gasteiger partial charge < -0.3 is 9.84 Å². The molecule has 3 rings (SSSR count). The van der Waals surface area contributed by atoms with Crippen LogP contribution in [0, 0.1) is 6.92 Å². The van der Waals surface area contributed by atoms with Gasteiger partial charge in [-0.3, -0.25) is 9.20 Å². The number of benzene rings is 1. The van der Waals surface area contributed by atoms with Crippen molar-refractivity contribution in [2.75, 3.05) is 7.11 Å². The first-order valence-electron chi connectivity index (χ1n) is 7.32. The largest absolute Gasteiger partial charge is 0.494 e. The number of imidazole rings is 1. The molecule has 0 amide bonds. The molecule has 0 spiro atoms. The second-order valence-corrected chi connectivity index (χ2v) is 5.26. The van der Waals surface area contributed by atoms with Crippen molar-refractivity contribution >= 4 is 23.1 Å². The molecule has 0 bridgehead atoms. The van der Waals surface area contributed by atoms with Gasteiger partial charge in [0.1, 0.15) is 17.1 Å². The molecule has 0 aliphatic heterocycles. The molecule has 24 heavy (non-hydrogen) atoms. The maximum atomic E-state index is 11.1. The summed E-state index contributed by atoms with van der Waals surface area (Å²) in [4.78, 5) is 15.4. The minimum Gasteiger partial charge on any atom is -0.494 e. The third-order valence-corrected chi connectivity index (χ3v) is 3.48. The molecule has 2 heterocycles. The molecule has 0 atom stereocenters. The summed E-state index contributed by atoms with van der Waals surface area (Å²) in [5, 5.41) is 17.6. The zero-order chi connectivity index (χ0) is 17.1. The first kappa shape index (κ1) is 15.7. The number of hydrogen-bond donors (Lipinski definition) is 1. The fraction of sp³-hybridized carbons (Fsp3) is 0.176. The molecule has 122 valence electrons. The zero-order valence-electron chi connectivity index (χ0n) is 13.3. The van der Waals surface area contributed by atoms with Crippen molar-refractivity contribution in [2.45, 2.75) is 13.3 Å². The summed E-state index contributed by atoms with van der Waals surface area (Å²) in [7, 11) is 1.56. The highest BCUT2D eigenvalue weighted by Crippen LogP contribution is 2.31. The molecule has 1 N–H and O–H groups in total. The molecule has 3 aromatic rings. The van der Waals surface area contributed by atoms with Gasteiger partial charge in [-0.05, 0) is 36.8 Å². The van der Waals surface area contributed by atoms with Crippen LogP contribution in [0.1, 0.15) is 11.3 Å². The van der Waals surface area contributed by atoms with Crippen LogP contribution < -0.4 is 4.74 Å². The van der Waals surface area contributed by atoms with Gasteiger partial charge in [-0.1, -0.05) is 12.1 Å². The molecular formula is C17H16N4O3. The Labute approximate surface area is 138 Å². The molecular weight excluding hydrogens is 308 g/mol. The Morgan fingerprint density at radius 3 is 2.88 bits per heavy atom. The van der Waals surface area contributed by atoms with Gasteiger partial charge in [0.05, 0.1) is 19.2 Å². The predicted octanol–water partition coefficient (Wildman–Crippen LogP) is 3.69. The van der Waals surface area contributed by atoms with E-state index in [-0.39, 0.29) is 6.42 Å². The van der Waals surface area contributed by atoms with Crippen molar-refractivity contribution in [1.82, 2.24) is 9.38 Å². The van der Waals surface area contributed by atoms with Gasteiger partial charge in [0.2, 0.25) is 0 Å². The topological polar surface area (TPSA) is 88.5 Å². The summed E-state index contributed by atoms with van der Waals surface area (Å²) in [5.74, 6) is 0.0255. The Bertz CT molecular complexity index is 931. The average molecular weight is 324 g/mol. The number of aliphatic carboxylic acids is 1. The number of aromatic nitrogens is 2. The maximum Gasteiger partial charge on any atom is 0.309 e. The zero-order valence-corrected chi connectivity index (χ0v) is 13.3. The lowest BCUT2D eigenvalue weighted by Crippen LogP contribution is -2.00. The van der Waals surface area contributed by atoms with Gasteiger partial charge >= 0.3 is 5.97 Å². The maximum absolute atomic E-state index is 11.1. The van der Waals surface area contributed by atoms with Gasteiger partial charge in [-0.2, -0.15) is 0 Å². The molecule has 0 aliphatic carbocycles. The second kappa shape index (κ2) is 6.49. The summed E-state index contributed by atoms with van der Waals surface area (Å²) in [6.07, 6.45) is 1.55. The second-order valence-electron chi connectivity index (χ2n) is 5.26. The van der Waals surface area contributed by atoms with Crippen LogP contribution in [0.3, 0.4) is 0 Å². The number of carbonyl (C=O) groups is 1. The van der Waals surface area contributed by atoms with Crippen molar-refractivity contribution in [1.29, 1.82) is 0 Å². The minimum absolute atomic E-state index is 0.221. The number of nitrogens with zero attached hydrogens (tertiary/aromatic N) is 4. The van der Waals surface area contributed by atoms with Crippen LogP contribution in [0.5, 0.6) is 5.75 Å². The number of ether oxygens (including phenoxy) is 1. The van der Waals surface area contributed by atoms with Gasteiger partial charge in [-0.25, -0.2) is 4.98 Å². The van der Waals surface area contributed by atoms with Crippen LogP contribution >= 0.6 is 0 Å². The van der Waals surface area contributed by atoms with Gasteiger partial charge in [0, 0.05) is 6.20 Å². The number of fused-ring (bicyclic) bond motifs is 1. The van der Waals surface area contributed by atoms with Crippen LogP contribution in [-0.4, -0.2) is 27.6 Å². The van der Waals surface area contributed by atoms with E-state index in [1.807, 2.05) is 37.3 Å². The van der Waals surface area contributed by atoms with Crippen LogP contribution in [0.4, 0.5) is 11.5 Å². The number of carboxylic acids is 1. The van der Waals surface area contributed by atoms with E-state index in [1.54, 1.807) is 23.8 Å². The lowest BCUT2D eigenvalue weighted by molar-refractivity contribution is -0.136. The number of methoxy groups -OCH3 is 1. The fourth-order valence-corrected chi connectivity index (χ4v) is 2.38. The smallest absolute Gasteiger partial charge is 0.309 e. The van der Waals surface area contributed by atoms with Gasteiger partial charge in [0.25, 0.3) is 0 Å². The molecule has 0 radical (unpaired) electrons. The van der Waals surface area contributed by atoms with E-state index in [4.69, 9.17) is 9.84 Å². The van der Waals surface area contributed by atoms with E-state index in [2.05, 4.69) is 15.2 Å². The third-order valence-electron chi connectivity index (χ3n) is 3.48. The molecule has 0 saturated carbocycles. The predicted molar refractivity (Wildman–Crippen MR) is 88.4 cm³/mol. The summed E-state index contributed by atoms with van der Waals surface area (Å²) < 4.78 is 6.99. The number of carboxylic acid groups (broad SMARTS) is 1. The third kappa shape index (κ3) is 3.10. The first-order chi connectivity index (χ1) is 11.6. The van der Waals surface area contributed by atoms with Crippen LogP contribution in [0.25, 0.3) is 5.65 Å². The van der Waals surface area contributed by atoms with Crippen LogP contribution in [-0.2, 0) is 11.2 Å². The Balaban J connectivity index is 2.09. The van der Waals surface area contributed by atoms with Crippen molar-refractivity contribution in [3.63, 3.8) is 0 Å². The molecule has 0 saturated heterocycles. The van der Waals surface area contributed by atoms with E-state index in [0.717, 1.165) is 5.56 Å². The normalized spacial score (nSPS) is 11.2. The summed E-state index contributed by atoms with van der Waals surface area (Å²) in [5.41, 5.74) is 2.58. The Morgan fingerprint density at radius 1 is 1.29 bits per heavy atom. The Morgan fingerprint density at radius 2 is 2.12 bits per heavy atom. The first-order valence-corrected chi connectivity index (χ1v) is 7.32. The van der Waals surface area contributed by atoms with E-state index in [9.17, 15) is 4.79 Å². The monoisotopic (exact) mass is 324 g/mol. The van der Waals surface area contributed by atoms with Crippen LogP contribution in [0.15, 0.2) is 52.8 Å². The van der Waals surface area contributed by atoms with E-state index in [1.165, 1.54) is 0 Å². The van der Waals surface area contributed by atoms with Crippen molar-refractivity contribution in [3.05, 3.63) is 53.9 Å². The Hall–Kier alpha value is -3.22. The molecule has 7 nitrogen and oxygen atoms in total. The van der Waals surface area contributed by atoms with Gasteiger partial charge in [-0.15, -0.1) is 10.2 Å². The highest BCUT2D eigenvalue weighted by atomic mass is 16.5. The lowest BCUT2D eigenvalue weighted by Gasteiger charge is -2.04. The molecule has 7 heteroatoms. The van der Waals surface area contributed by atoms with Crippen molar-refractivity contribution in [3.8, 4) is 5.75 Å². The number of hydrogen-bond acceptors (Lipinski definition) is 5. The van der Waals surface area contributed by atoms with Gasteiger partial charge in [0.15, 0.2) is 5.82 Å². The molecule has 0 fully saturated rings. The number of aryl methyl sites for hydroxylation is 1. The summed E-state index contributed by atoms with van der Waals surface area (Å²) >= 11 is 0. The summed E-state index contributed by atoms with van der Waals surface area (Å²) in [6.45, 7) is 1.95. The molecule has 1 aromatic carbocycles. The highest BCUT2D eigenvalue weighted by Gasteiger charge is 2.15. The van der Waals surface area contributed by atoms with E-state index >= 15 is 0 Å². The van der Waals surface area contributed by atoms with Crippen LogP contribution in [0.2, 0.25) is 0 Å². The average Bonchev–Trinajstić information content (AvgIpc) is 2.89. The quantitative estimate of drug-likeness (QED) is 0.725. The SMILES string of the molecule is COc1ccc(C)cc1N=Nc1c(CC(=O)O)nc2ccccn12. The van der Waals surface area contributed by atoms with E-state index < -0.39 is 5.97 Å². The lowest BCUT2D eigenvalue weighted by atomic mass is 10.2. The van der Waals surface area contributed by atoms with Crippen molar-refractivity contribution < 1.29 is 14.6 Å². The number of rotatable bonds is 5. The molecule has 0 aliphatic rings.